The van der Waals surface area contributed by atoms with Crippen molar-refractivity contribution in [1.29, 1.82) is 0 Å². The number of amides is 1. The molecular weight excluding hydrogens is 382 g/mol. The number of nitrogens with one attached hydrogen (secondary N) is 2. The zero-order valence-electron chi connectivity index (χ0n) is 14.1. The number of nitrogens with zero attached hydrogens (tertiary/aromatic N) is 3. The van der Waals surface area contributed by atoms with E-state index in [-0.39, 0.29) is 30.1 Å². The minimum Gasteiger partial charge on any atom is -0.466 e. The maximum absolute atomic E-state index is 12.0. The van der Waals surface area contributed by atoms with Crippen LogP contribution in [0, 0.1) is 0 Å². The smallest absolute Gasteiger partial charge is 0.311 e. The second-order valence-electron chi connectivity index (χ2n) is 5.13. The van der Waals surface area contributed by atoms with Crippen LogP contribution in [0.3, 0.4) is 0 Å². The third-order valence-corrected chi connectivity index (χ3v) is 5.37. The molecule has 136 valence electrons. The van der Waals surface area contributed by atoms with E-state index in [2.05, 4.69) is 25.8 Å². The van der Waals surface area contributed by atoms with Gasteiger partial charge in [-0.15, -0.1) is 21.5 Å². The molecule has 2 aromatic rings. The second kappa shape index (κ2) is 9.68. The van der Waals surface area contributed by atoms with E-state index in [4.69, 9.17) is 4.74 Å². The van der Waals surface area contributed by atoms with Gasteiger partial charge >= 0.3 is 5.97 Å². The lowest BCUT2D eigenvalue weighted by molar-refractivity contribution is -0.142. The van der Waals surface area contributed by atoms with Crippen LogP contribution in [0.1, 0.15) is 26.5 Å². The summed E-state index contributed by atoms with van der Waals surface area (Å²) in [7, 11) is 0. The van der Waals surface area contributed by atoms with Crippen molar-refractivity contribution in [3.05, 3.63) is 11.1 Å². The van der Waals surface area contributed by atoms with Crippen molar-refractivity contribution in [3.63, 3.8) is 0 Å². The van der Waals surface area contributed by atoms with Crippen LogP contribution in [0.15, 0.2) is 9.72 Å². The first kappa shape index (κ1) is 19.6. The van der Waals surface area contributed by atoms with Crippen molar-refractivity contribution in [1.82, 2.24) is 15.2 Å². The number of ether oxygens (including phenoxy) is 1. The summed E-state index contributed by atoms with van der Waals surface area (Å²) >= 11 is 4.00. The lowest BCUT2D eigenvalue weighted by Crippen LogP contribution is -2.14. The van der Waals surface area contributed by atoms with Crippen LogP contribution in [0.4, 0.5) is 10.3 Å². The van der Waals surface area contributed by atoms with Gasteiger partial charge in [0, 0.05) is 11.4 Å². The predicted octanol–water partition coefficient (Wildman–Crippen LogP) is 2.65. The highest BCUT2D eigenvalue weighted by Gasteiger charge is 2.12. The zero-order valence-corrected chi connectivity index (χ0v) is 16.5. The maximum atomic E-state index is 12.0. The monoisotopic (exact) mass is 401 g/mol. The molecule has 0 atom stereocenters. The summed E-state index contributed by atoms with van der Waals surface area (Å²) in [6, 6.07) is 0.280. The Morgan fingerprint density at radius 2 is 2.12 bits per heavy atom. The van der Waals surface area contributed by atoms with Crippen molar-refractivity contribution in [2.24, 2.45) is 0 Å². The van der Waals surface area contributed by atoms with E-state index in [1.54, 1.807) is 12.3 Å². The number of esters is 1. The number of hydrogen-bond donors (Lipinski definition) is 2. The van der Waals surface area contributed by atoms with Gasteiger partial charge in [0.25, 0.3) is 0 Å². The van der Waals surface area contributed by atoms with Gasteiger partial charge in [0.2, 0.25) is 11.0 Å². The summed E-state index contributed by atoms with van der Waals surface area (Å²) in [5, 5.41) is 16.9. The number of rotatable bonds is 9. The van der Waals surface area contributed by atoms with E-state index >= 15 is 0 Å². The minimum absolute atomic E-state index is 0.103. The number of carbonyl (C=O) groups excluding carboxylic acids is 2. The Hall–Kier alpha value is -1.72. The first-order valence-corrected chi connectivity index (χ1v) is 10.3. The summed E-state index contributed by atoms with van der Waals surface area (Å²) < 4.78 is 5.59. The van der Waals surface area contributed by atoms with Crippen molar-refractivity contribution in [2.45, 2.75) is 37.6 Å². The van der Waals surface area contributed by atoms with E-state index in [0.29, 0.717) is 17.4 Å². The molecule has 0 aliphatic rings. The lowest BCUT2D eigenvalue weighted by Gasteiger charge is -2.03. The summed E-state index contributed by atoms with van der Waals surface area (Å²) in [4.78, 5) is 27.6. The topological polar surface area (TPSA) is 106 Å². The zero-order chi connectivity index (χ0) is 18.2. The van der Waals surface area contributed by atoms with Gasteiger partial charge in [0.05, 0.1) is 24.5 Å². The average molecular weight is 402 g/mol. The number of thiazole rings is 1. The summed E-state index contributed by atoms with van der Waals surface area (Å²) in [5.41, 5.74) is 0.583. The highest BCUT2D eigenvalue weighted by molar-refractivity contribution is 8.01. The molecule has 0 aliphatic heterocycles. The molecule has 0 fully saturated rings. The molecule has 11 heteroatoms. The Morgan fingerprint density at radius 1 is 1.32 bits per heavy atom. The van der Waals surface area contributed by atoms with Crippen LogP contribution in [0.25, 0.3) is 0 Å². The first-order chi connectivity index (χ1) is 12.0. The molecule has 0 saturated carbocycles. The van der Waals surface area contributed by atoms with Crippen LogP contribution in [0.2, 0.25) is 0 Å². The highest BCUT2D eigenvalue weighted by atomic mass is 32.2. The number of carbonyl (C=O) groups is 2. The van der Waals surface area contributed by atoms with Gasteiger partial charge in [0.15, 0.2) is 9.47 Å². The summed E-state index contributed by atoms with van der Waals surface area (Å²) in [5.74, 6) is -0.303. The van der Waals surface area contributed by atoms with Gasteiger partial charge in [0.1, 0.15) is 0 Å². The molecule has 8 nitrogen and oxygen atoms in total. The van der Waals surface area contributed by atoms with Gasteiger partial charge in [-0.3, -0.25) is 9.59 Å². The lowest BCUT2D eigenvalue weighted by atomic mass is 10.3. The summed E-state index contributed by atoms with van der Waals surface area (Å²) in [6.45, 7) is 6.13. The molecule has 0 aliphatic carbocycles. The van der Waals surface area contributed by atoms with Crippen LogP contribution >= 0.6 is 34.4 Å². The van der Waals surface area contributed by atoms with Crippen molar-refractivity contribution in [3.8, 4) is 0 Å². The summed E-state index contributed by atoms with van der Waals surface area (Å²) in [6.07, 6.45) is 0.103. The fourth-order valence-corrected chi connectivity index (χ4v) is 4.09. The molecule has 0 radical (unpaired) electrons. The number of hydrogen-bond acceptors (Lipinski definition) is 10. The third kappa shape index (κ3) is 6.96. The van der Waals surface area contributed by atoms with E-state index in [9.17, 15) is 9.59 Å². The highest BCUT2D eigenvalue weighted by Crippen LogP contribution is 2.26. The number of anilines is 2. The molecular formula is C14H19N5O3S3. The maximum Gasteiger partial charge on any atom is 0.311 e. The molecule has 25 heavy (non-hydrogen) atoms. The molecule has 0 spiro atoms. The first-order valence-electron chi connectivity index (χ1n) is 7.59. The Balaban J connectivity index is 1.77. The Labute approximate surface area is 157 Å². The number of thioether (sulfide) groups is 1. The third-order valence-electron chi connectivity index (χ3n) is 2.57. The van der Waals surface area contributed by atoms with Crippen molar-refractivity contribution in [2.75, 3.05) is 23.0 Å². The molecule has 0 aromatic carbocycles. The standard InChI is InChI=1S/C14H19N5O3S3/c1-4-22-11(21)5-9-6-23-12(16-9)17-10(20)7-24-14-19-18-13(25-14)15-8(2)3/h6,8H,4-5,7H2,1-3H3,(H,15,18)(H,16,17,20). The molecule has 2 rings (SSSR count). The fourth-order valence-electron chi connectivity index (χ4n) is 1.66. The normalized spacial score (nSPS) is 10.7. The fraction of sp³-hybridized carbons (Fsp3) is 0.500. The van der Waals surface area contributed by atoms with Gasteiger partial charge in [-0.25, -0.2) is 4.98 Å². The minimum atomic E-state index is -0.330. The van der Waals surface area contributed by atoms with E-state index < -0.39 is 0 Å². The second-order valence-corrected chi connectivity index (χ2v) is 8.19. The van der Waals surface area contributed by atoms with Crippen LogP contribution in [0.5, 0.6) is 0 Å². The van der Waals surface area contributed by atoms with Crippen LogP contribution < -0.4 is 10.6 Å². The molecule has 0 unspecified atom stereocenters. The average Bonchev–Trinajstić information content (AvgIpc) is 3.14. The van der Waals surface area contributed by atoms with Crippen molar-refractivity contribution < 1.29 is 14.3 Å². The Kier molecular flexibility index (Phi) is 7.59. The molecule has 2 N–H and O–H groups in total. The predicted molar refractivity (Wildman–Crippen MR) is 100 cm³/mol. The van der Waals surface area contributed by atoms with E-state index in [1.807, 2.05) is 13.8 Å². The van der Waals surface area contributed by atoms with Gasteiger partial charge in [-0.1, -0.05) is 23.1 Å². The van der Waals surface area contributed by atoms with E-state index in [1.165, 1.54) is 34.4 Å². The molecule has 0 bridgehead atoms. The largest absolute Gasteiger partial charge is 0.466 e. The molecule has 0 saturated heterocycles. The molecule has 2 aromatic heterocycles. The van der Waals surface area contributed by atoms with Crippen molar-refractivity contribution >= 4 is 56.6 Å². The van der Waals surface area contributed by atoms with Gasteiger partial charge in [-0.2, -0.15) is 0 Å². The Bertz CT molecular complexity index is 716. The van der Waals surface area contributed by atoms with Gasteiger partial charge in [-0.05, 0) is 20.8 Å². The molecule has 2 heterocycles. The SMILES string of the molecule is CCOC(=O)Cc1csc(NC(=O)CSc2nnc(NC(C)C)s2)n1. The number of aromatic nitrogens is 3. The quantitative estimate of drug-likeness (QED) is 0.488. The van der Waals surface area contributed by atoms with E-state index in [0.717, 1.165) is 9.47 Å². The van der Waals surface area contributed by atoms with Crippen LogP contribution in [-0.2, 0) is 20.7 Å². The Morgan fingerprint density at radius 3 is 2.84 bits per heavy atom. The van der Waals surface area contributed by atoms with Crippen LogP contribution in [-0.4, -0.2) is 45.5 Å². The van der Waals surface area contributed by atoms with Gasteiger partial charge < -0.3 is 15.4 Å². The molecule has 1 amide bonds.